The number of carboxylic acids is 1. The topological polar surface area (TPSA) is 73.6 Å². The van der Waals surface area contributed by atoms with Crippen molar-refractivity contribution in [1.29, 1.82) is 5.26 Å². The van der Waals surface area contributed by atoms with Gasteiger partial charge in [0.05, 0.1) is 0 Å². The Bertz CT molecular complexity index is 1200. The molecule has 0 bridgehead atoms. The molecule has 3 aliphatic heterocycles. The van der Waals surface area contributed by atoms with E-state index in [1.54, 1.807) is 25.1 Å². The van der Waals surface area contributed by atoms with Crippen LogP contribution in [0.3, 0.4) is 0 Å². The molecule has 0 aromatic heterocycles. The maximum absolute atomic E-state index is 11.4. The summed E-state index contributed by atoms with van der Waals surface area (Å²) >= 11 is 0. The molecule has 1 N–H and O–H groups in total. The highest BCUT2D eigenvalue weighted by Crippen LogP contribution is 2.51. The Morgan fingerprint density at radius 1 is 1.12 bits per heavy atom. The Kier molecular flexibility index (Phi) is 5.52. The summed E-state index contributed by atoms with van der Waals surface area (Å²) in [6.07, 6.45) is 9.39. The van der Waals surface area contributed by atoms with Gasteiger partial charge in [0.25, 0.3) is 0 Å². The van der Waals surface area contributed by atoms with Crippen LogP contribution < -0.4 is 4.90 Å². The second-order valence-corrected chi connectivity index (χ2v) is 10.6. The lowest BCUT2D eigenvalue weighted by Crippen LogP contribution is -2.45. The van der Waals surface area contributed by atoms with E-state index in [2.05, 4.69) is 51.7 Å². The first kappa shape index (κ1) is 22.9. The minimum Gasteiger partial charge on any atom is -0.477 e. The van der Waals surface area contributed by atoms with E-state index >= 15 is 0 Å². The summed E-state index contributed by atoms with van der Waals surface area (Å²) < 4.78 is 5.82. The first-order valence-corrected chi connectivity index (χ1v) is 11.5. The smallest absolute Gasteiger partial charge is 0.347 e. The highest BCUT2D eigenvalue weighted by molar-refractivity contribution is 5.93. The van der Waals surface area contributed by atoms with E-state index in [4.69, 9.17) is 4.74 Å². The van der Waals surface area contributed by atoms with Crippen LogP contribution in [0.5, 0.6) is 0 Å². The first-order chi connectivity index (χ1) is 15.4. The second-order valence-electron chi connectivity index (χ2n) is 10.6. The Balaban J connectivity index is 1.83. The third kappa shape index (κ3) is 3.99. The maximum Gasteiger partial charge on any atom is 0.347 e. The number of hydrogen-bond donors (Lipinski definition) is 1. The Labute approximate surface area is 196 Å². The van der Waals surface area contributed by atoms with Gasteiger partial charge in [0, 0.05) is 24.4 Å². The van der Waals surface area contributed by atoms with Crippen molar-refractivity contribution < 1.29 is 14.6 Å². The molecule has 3 aliphatic rings. The highest BCUT2D eigenvalue weighted by Gasteiger charge is 2.41. The highest BCUT2D eigenvalue weighted by atomic mass is 16.5. The number of allylic oxidation sites excluding steroid dienone is 5. The summed E-state index contributed by atoms with van der Waals surface area (Å²) in [7, 11) is 0. The monoisotopic (exact) mass is 444 g/mol. The van der Waals surface area contributed by atoms with Gasteiger partial charge in [-0.25, -0.2) is 4.79 Å². The molecule has 3 heterocycles. The lowest BCUT2D eigenvalue weighted by Gasteiger charge is -2.49. The minimum absolute atomic E-state index is 0.0982. The standard InChI is InChI=1S/C28H32N2O3/c1-17-13-20(22(16-29)26(31)32)14-21(33-17)8-7-19-15-23-25-24(18(19)2)28(5,6)10-12-30(25)11-9-27(23,3)4/h7-8,13-15H,9-12H2,1-6H3,(H,31,32)/b8-7+,22-20+. The van der Waals surface area contributed by atoms with Crippen molar-refractivity contribution in [3.05, 3.63) is 69.2 Å². The lowest BCUT2D eigenvalue weighted by atomic mass is 9.67. The number of ether oxygens (including phenoxy) is 1. The largest absolute Gasteiger partial charge is 0.477 e. The van der Waals surface area contributed by atoms with Crippen LogP contribution in [-0.4, -0.2) is 24.2 Å². The molecule has 4 rings (SSSR count). The van der Waals surface area contributed by atoms with Crippen molar-refractivity contribution in [3.63, 3.8) is 0 Å². The quantitative estimate of drug-likeness (QED) is 0.464. The number of nitriles is 1. The Morgan fingerprint density at radius 2 is 1.79 bits per heavy atom. The first-order valence-electron chi connectivity index (χ1n) is 11.5. The summed E-state index contributed by atoms with van der Waals surface area (Å²) in [5.41, 5.74) is 6.94. The van der Waals surface area contributed by atoms with Gasteiger partial charge in [0.15, 0.2) is 0 Å². The lowest BCUT2D eigenvalue weighted by molar-refractivity contribution is -0.132. The molecule has 0 aliphatic carbocycles. The van der Waals surface area contributed by atoms with E-state index < -0.39 is 5.97 Å². The van der Waals surface area contributed by atoms with Crippen LogP contribution in [0.25, 0.3) is 6.08 Å². The summed E-state index contributed by atoms with van der Waals surface area (Å²) in [6, 6.07) is 4.10. The number of aliphatic carboxylic acids is 1. The Hall–Kier alpha value is -3.26. The molecule has 33 heavy (non-hydrogen) atoms. The van der Waals surface area contributed by atoms with E-state index in [1.165, 1.54) is 22.4 Å². The average molecular weight is 445 g/mol. The second kappa shape index (κ2) is 7.95. The van der Waals surface area contributed by atoms with Crippen LogP contribution in [0.15, 0.2) is 47.0 Å². The van der Waals surface area contributed by atoms with Crippen molar-refractivity contribution >= 4 is 17.7 Å². The van der Waals surface area contributed by atoms with E-state index in [1.807, 2.05) is 6.08 Å². The van der Waals surface area contributed by atoms with Gasteiger partial charge in [-0.05, 0) is 84.1 Å². The number of carboxylic acid groups (broad SMARTS) is 1. The zero-order valence-corrected chi connectivity index (χ0v) is 20.4. The third-order valence-electron chi connectivity index (χ3n) is 7.31. The third-order valence-corrected chi connectivity index (χ3v) is 7.31. The molecule has 0 saturated heterocycles. The normalized spacial score (nSPS) is 22.0. The number of anilines is 1. The fourth-order valence-electron chi connectivity index (χ4n) is 5.35. The Morgan fingerprint density at radius 3 is 2.42 bits per heavy atom. The van der Waals surface area contributed by atoms with Gasteiger partial charge in [0.2, 0.25) is 0 Å². The zero-order valence-electron chi connectivity index (χ0n) is 20.4. The molecule has 5 nitrogen and oxygen atoms in total. The van der Waals surface area contributed by atoms with Crippen molar-refractivity contribution in [2.45, 2.75) is 65.2 Å². The van der Waals surface area contributed by atoms with Gasteiger partial charge >= 0.3 is 5.97 Å². The molecule has 0 atom stereocenters. The summed E-state index contributed by atoms with van der Waals surface area (Å²) in [4.78, 5) is 14.0. The number of rotatable bonds is 3. The molecule has 172 valence electrons. The van der Waals surface area contributed by atoms with Gasteiger partial charge in [0.1, 0.15) is 23.2 Å². The fourth-order valence-corrected chi connectivity index (χ4v) is 5.35. The molecule has 0 unspecified atom stereocenters. The van der Waals surface area contributed by atoms with Crippen molar-refractivity contribution in [2.75, 3.05) is 18.0 Å². The van der Waals surface area contributed by atoms with Crippen LogP contribution in [0.2, 0.25) is 0 Å². The molecule has 5 heteroatoms. The molecule has 0 amide bonds. The fraction of sp³-hybridized carbons (Fsp3) is 0.429. The molecule has 0 saturated carbocycles. The molecule has 1 aromatic rings. The zero-order chi connectivity index (χ0) is 24.1. The minimum atomic E-state index is -1.24. The predicted molar refractivity (Wildman–Crippen MR) is 131 cm³/mol. The number of carbonyl (C=O) groups is 1. The van der Waals surface area contributed by atoms with Crippen molar-refractivity contribution in [1.82, 2.24) is 0 Å². The van der Waals surface area contributed by atoms with Crippen LogP contribution in [0.4, 0.5) is 5.69 Å². The molecular weight excluding hydrogens is 412 g/mol. The summed E-state index contributed by atoms with van der Waals surface area (Å²) in [6.45, 7) is 15.5. The molecular formula is C28H32N2O3. The van der Waals surface area contributed by atoms with Crippen LogP contribution >= 0.6 is 0 Å². The van der Waals surface area contributed by atoms with Crippen molar-refractivity contribution in [3.8, 4) is 6.07 Å². The van der Waals surface area contributed by atoms with Gasteiger partial charge < -0.3 is 14.7 Å². The molecule has 0 radical (unpaired) electrons. The van der Waals surface area contributed by atoms with Gasteiger partial charge in [-0.15, -0.1) is 0 Å². The summed E-state index contributed by atoms with van der Waals surface area (Å²) in [5, 5.41) is 18.6. The van der Waals surface area contributed by atoms with Gasteiger partial charge in [-0.2, -0.15) is 5.26 Å². The summed E-state index contributed by atoms with van der Waals surface area (Å²) in [5.74, 6) is -0.169. The number of hydrogen-bond acceptors (Lipinski definition) is 4. The van der Waals surface area contributed by atoms with Crippen LogP contribution in [0.1, 0.15) is 69.7 Å². The molecule has 0 fully saturated rings. The maximum atomic E-state index is 11.4. The van der Waals surface area contributed by atoms with E-state index in [0.717, 1.165) is 31.5 Å². The van der Waals surface area contributed by atoms with Crippen molar-refractivity contribution in [2.24, 2.45) is 0 Å². The molecule has 0 spiro atoms. The van der Waals surface area contributed by atoms with Gasteiger partial charge in [-0.3, -0.25) is 0 Å². The molecule has 1 aromatic carbocycles. The van der Waals surface area contributed by atoms with E-state index in [-0.39, 0.29) is 16.4 Å². The van der Waals surface area contributed by atoms with Gasteiger partial charge in [-0.1, -0.05) is 33.8 Å². The number of nitrogens with zero attached hydrogens (tertiary/aromatic N) is 2. The number of benzene rings is 1. The SMILES string of the molecule is CC1=C/C(=C(/C#N)C(=O)O)C=C(/C=C/c2cc3c4c(c2C)C(C)(C)CCN4CCC3(C)C)O1. The van der Waals surface area contributed by atoms with E-state index in [0.29, 0.717) is 17.1 Å². The van der Waals surface area contributed by atoms with Crippen LogP contribution in [-0.2, 0) is 20.4 Å². The van der Waals surface area contributed by atoms with E-state index in [9.17, 15) is 15.2 Å². The van der Waals surface area contributed by atoms with Crippen LogP contribution in [0, 0.1) is 18.3 Å². The average Bonchev–Trinajstić information content (AvgIpc) is 2.71. The predicted octanol–water partition coefficient (Wildman–Crippen LogP) is 5.90.